The van der Waals surface area contributed by atoms with Gasteiger partial charge in [0.15, 0.2) is 0 Å². The molecule has 0 spiro atoms. The van der Waals surface area contributed by atoms with Crippen LogP contribution in [0, 0.1) is 0 Å². The number of aliphatic hydroxyl groups is 1. The Bertz CT molecular complexity index is 507. The third kappa shape index (κ3) is 1.49. The van der Waals surface area contributed by atoms with Crippen LogP contribution in [0.1, 0.15) is 5.82 Å². The van der Waals surface area contributed by atoms with Gasteiger partial charge in [0.05, 0.1) is 17.5 Å². The number of aromatic nitrogens is 3. The van der Waals surface area contributed by atoms with E-state index in [1.165, 1.54) is 6.20 Å². The lowest BCUT2D eigenvalue weighted by Gasteiger charge is -1.99. The number of hydrogen-bond acceptors (Lipinski definition) is 4. The maximum atomic E-state index is 11.5. The second-order valence-electron chi connectivity index (χ2n) is 2.88. The average Bonchev–Trinajstić information content (AvgIpc) is 2.18. The van der Waals surface area contributed by atoms with Crippen LogP contribution in [0.25, 0.3) is 10.9 Å². The molecule has 0 radical (unpaired) electrons. The largest absolute Gasteiger partial charge is 0.396 e. The molecule has 72 valence electrons. The molecule has 0 aliphatic carbocycles. The van der Waals surface area contributed by atoms with Gasteiger partial charge in [-0.1, -0.05) is 0 Å². The Hall–Kier alpha value is -1.75. The maximum Gasteiger partial charge on any atom is 0.260 e. The number of hydrogen-bond donors (Lipinski definition) is 2. The second kappa shape index (κ2) is 3.55. The van der Waals surface area contributed by atoms with Gasteiger partial charge < -0.3 is 10.1 Å². The molecule has 0 atom stereocenters. The molecule has 0 saturated carbocycles. The summed E-state index contributed by atoms with van der Waals surface area (Å²) in [6, 6.07) is 1.67. The van der Waals surface area contributed by atoms with Crippen molar-refractivity contribution in [1.82, 2.24) is 15.0 Å². The van der Waals surface area contributed by atoms with Crippen LogP contribution in [0.5, 0.6) is 0 Å². The molecule has 0 aliphatic rings. The van der Waals surface area contributed by atoms with E-state index in [0.29, 0.717) is 23.1 Å². The van der Waals surface area contributed by atoms with E-state index in [1.807, 2.05) is 0 Å². The van der Waals surface area contributed by atoms with Crippen molar-refractivity contribution in [2.24, 2.45) is 0 Å². The average molecular weight is 191 g/mol. The van der Waals surface area contributed by atoms with Gasteiger partial charge in [-0.2, -0.15) is 0 Å². The Labute approximate surface area is 79.5 Å². The number of rotatable bonds is 2. The molecule has 0 saturated heterocycles. The third-order valence-corrected chi connectivity index (χ3v) is 1.90. The molecule has 0 aliphatic heterocycles. The van der Waals surface area contributed by atoms with Crippen LogP contribution in [0.3, 0.4) is 0 Å². The van der Waals surface area contributed by atoms with E-state index in [4.69, 9.17) is 5.11 Å². The number of nitrogens with one attached hydrogen (secondary N) is 1. The summed E-state index contributed by atoms with van der Waals surface area (Å²) in [5, 5.41) is 9.18. The molecule has 0 bridgehead atoms. The van der Waals surface area contributed by atoms with Crippen LogP contribution in [0.2, 0.25) is 0 Å². The molecular formula is C9H9N3O2. The van der Waals surface area contributed by atoms with Crippen molar-refractivity contribution in [2.45, 2.75) is 6.42 Å². The first-order chi connectivity index (χ1) is 6.81. The van der Waals surface area contributed by atoms with Crippen LogP contribution in [0.4, 0.5) is 0 Å². The van der Waals surface area contributed by atoms with Gasteiger partial charge in [-0.3, -0.25) is 9.78 Å². The Morgan fingerprint density at radius 1 is 1.50 bits per heavy atom. The van der Waals surface area contributed by atoms with Crippen molar-refractivity contribution in [3.8, 4) is 0 Å². The van der Waals surface area contributed by atoms with Crippen molar-refractivity contribution < 1.29 is 5.11 Å². The topological polar surface area (TPSA) is 78.9 Å². The first-order valence-electron chi connectivity index (χ1n) is 4.25. The van der Waals surface area contributed by atoms with Crippen LogP contribution in [-0.4, -0.2) is 26.7 Å². The van der Waals surface area contributed by atoms with E-state index in [0.717, 1.165) is 0 Å². The summed E-state index contributed by atoms with van der Waals surface area (Å²) in [4.78, 5) is 22.1. The van der Waals surface area contributed by atoms with Gasteiger partial charge in [-0.05, 0) is 6.07 Å². The monoisotopic (exact) mass is 191 g/mol. The zero-order chi connectivity index (χ0) is 9.97. The molecule has 2 aromatic rings. The summed E-state index contributed by atoms with van der Waals surface area (Å²) >= 11 is 0. The zero-order valence-corrected chi connectivity index (χ0v) is 7.40. The van der Waals surface area contributed by atoms with Crippen LogP contribution < -0.4 is 5.56 Å². The quantitative estimate of drug-likeness (QED) is 0.692. The number of aliphatic hydroxyl groups excluding tert-OH is 1. The Morgan fingerprint density at radius 3 is 3.14 bits per heavy atom. The van der Waals surface area contributed by atoms with Crippen molar-refractivity contribution in [1.29, 1.82) is 0 Å². The highest BCUT2D eigenvalue weighted by atomic mass is 16.3. The molecule has 2 N–H and O–H groups in total. The summed E-state index contributed by atoms with van der Waals surface area (Å²) in [5.41, 5.74) is 0.388. The van der Waals surface area contributed by atoms with Crippen LogP contribution >= 0.6 is 0 Å². The standard InChI is InChI=1S/C9H9N3O2/c13-4-2-8-11-7-1-3-10-5-6(7)9(14)12-8/h1,3,5,13H,2,4H2,(H,11,12,14). The number of pyridine rings is 1. The smallest absolute Gasteiger partial charge is 0.260 e. The lowest BCUT2D eigenvalue weighted by Crippen LogP contribution is -2.12. The van der Waals surface area contributed by atoms with Crippen molar-refractivity contribution >= 4 is 10.9 Å². The molecule has 14 heavy (non-hydrogen) atoms. The van der Waals surface area contributed by atoms with Gasteiger partial charge in [0.2, 0.25) is 0 Å². The summed E-state index contributed by atoms with van der Waals surface area (Å²) < 4.78 is 0. The van der Waals surface area contributed by atoms with E-state index in [2.05, 4.69) is 15.0 Å². The molecule has 2 aromatic heterocycles. The van der Waals surface area contributed by atoms with E-state index in [-0.39, 0.29) is 12.2 Å². The SMILES string of the molecule is O=c1[nH]c(CCO)nc2ccncc12. The minimum absolute atomic E-state index is 0.0282. The fourth-order valence-corrected chi connectivity index (χ4v) is 1.26. The molecule has 0 aromatic carbocycles. The lowest BCUT2D eigenvalue weighted by atomic mass is 10.3. The first kappa shape index (κ1) is 8.83. The van der Waals surface area contributed by atoms with Gasteiger partial charge >= 0.3 is 0 Å². The number of aromatic amines is 1. The highest BCUT2D eigenvalue weighted by molar-refractivity contribution is 5.75. The van der Waals surface area contributed by atoms with E-state index >= 15 is 0 Å². The molecule has 2 heterocycles. The van der Waals surface area contributed by atoms with Crippen molar-refractivity contribution in [3.05, 3.63) is 34.6 Å². The van der Waals surface area contributed by atoms with Crippen LogP contribution in [0.15, 0.2) is 23.3 Å². The minimum Gasteiger partial charge on any atom is -0.396 e. The molecule has 2 rings (SSSR count). The van der Waals surface area contributed by atoms with Gasteiger partial charge in [0.1, 0.15) is 5.82 Å². The summed E-state index contributed by atoms with van der Waals surface area (Å²) in [6.45, 7) is -0.0282. The normalized spacial score (nSPS) is 10.6. The summed E-state index contributed by atoms with van der Waals surface area (Å²) in [7, 11) is 0. The zero-order valence-electron chi connectivity index (χ0n) is 7.40. The van der Waals surface area contributed by atoms with Gasteiger partial charge in [0, 0.05) is 18.8 Å². The molecule has 0 fully saturated rings. The van der Waals surface area contributed by atoms with Gasteiger partial charge in [0.25, 0.3) is 5.56 Å². The lowest BCUT2D eigenvalue weighted by molar-refractivity contribution is 0.296. The molecule has 5 nitrogen and oxygen atoms in total. The molecular weight excluding hydrogens is 182 g/mol. The van der Waals surface area contributed by atoms with Crippen LogP contribution in [-0.2, 0) is 6.42 Å². The van der Waals surface area contributed by atoms with E-state index in [9.17, 15) is 4.79 Å². The minimum atomic E-state index is -0.216. The van der Waals surface area contributed by atoms with E-state index in [1.54, 1.807) is 12.3 Å². The van der Waals surface area contributed by atoms with Crippen molar-refractivity contribution in [2.75, 3.05) is 6.61 Å². The van der Waals surface area contributed by atoms with E-state index < -0.39 is 0 Å². The van der Waals surface area contributed by atoms with Gasteiger partial charge in [-0.15, -0.1) is 0 Å². The summed E-state index contributed by atoms with van der Waals surface area (Å²) in [6.07, 6.45) is 3.41. The highest BCUT2D eigenvalue weighted by Gasteiger charge is 2.02. The molecule has 0 unspecified atom stereocenters. The predicted molar refractivity (Wildman–Crippen MR) is 50.9 cm³/mol. The Morgan fingerprint density at radius 2 is 2.36 bits per heavy atom. The Balaban J connectivity index is 2.66. The molecule has 5 heteroatoms. The third-order valence-electron chi connectivity index (χ3n) is 1.90. The predicted octanol–water partition coefficient (Wildman–Crippen LogP) is -0.147. The highest BCUT2D eigenvalue weighted by Crippen LogP contribution is 2.03. The number of nitrogens with zero attached hydrogens (tertiary/aromatic N) is 2. The number of fused-ring (bicyclic) bond motifs is 1. The fourth-order valence-electron chi connectivity index (χ4n) is 1.26. The summed E-state index contributed by atoms with van der Waals surface area (Å²) in [5.74, 6) is 0.496. The second-order valence-corrected chi connectivity index (χ2v) is 2.88. The van der Waals surface area contributed by atoms with Crippen molar-refractivity contribution in [3.63, 3.8) is 0 Å². The first-order valence-corrected chi connectivity index (χ1v) is 4.25. The fraction of sp³-hybridized carbons (Fsp3) is 0.222. The Kier molecular flexibility index (Phi) is 2.24. The molecule has 0 amide bonds. The van der Waals surface area contributed by atoms with Gasteiger partial charge in [-0.25, -0.2) is 4.98 Å². The maximum absolute atomic E-state index is 11.5. The number of H-pyrrole nitrogens is 1.